The van der Waals surface area contributed by atoms with Crippen molar-refractivity contribution in [3.63, 3.8) is 0 Å². The number of pyridine rings is 2. The Bertz CT molecular complexity index is 1110. The Kier molecular flexibility index (Phi) is 7.34. The van der Waals surface area contributed by atoms with Crippen molar-refractivity contribution in [1.29, 1.82) is 0 Å². The molecule has 1 amide bonds. The van der Waals surface area contributed by atoms with Crippen molar-refractivity contribution in [1.82, 2.24) is 35.2 Å². The zero-order valence-electron chi connectivity index (χ0n) is 18.1. The monoisotopic (exact) mass is 443 g/mol. The number of nitrogens with one attached hydrogen (secondary N) is 1. The molecule has 0 spiro atoms. The maximum atomic E-state index is 10.6. The van der Waals surface area contributed by atoms with Gasteiger partial charge in [0, 0.05) is 38.6 Å². The number of aromatic nitrogens is 5. The molecule has 0 saturated carbocycles. The fraction of sp³-hybridized carbons (Fsp3) is 0.208. The van der Waals surface area contributed by atoms with E-state index in [1.165, 1.54) is 0 Å². The number of amides is 1. The van der Waals surface area contributed by atoms with Gasteiger partial charge < -0.3 is 10.4 Å². The molecule has 0 saturated heterocycles. The summed E-state index contributed by atoms with van der Waals surface area (Å²) in [5.74, 6) is 0. The minimum atomic E-state index is -1.01. The van der Waals surface area contributed by atoms with E-state index in [4.69, 9.17) is 5.11 Å². The van der Waals surface area contributed by atoms with E-state index in [-0.39, 0.29) is 0 Å². The third-order valence-electron chi connectivity index (χ3n) is 5.04. The summed E-state index contributed by atoms with van der Waals surface area (Å²) >= 11 is 0. The SMILES string of the molecule is O=C(O)NCCc1ccc(-n2cc(CN(Cc3ccccn3)Cc3ccccn3)nn2)cc1. The zero-order chi connectivity index (χ0) is 22.9. The van der Waals surface area contributed by atoms with Gasteiger partial charge in [-0.25, -0.2) is 9.48 Å². The van der Waals surface area contributed by atoms with Gasteiger partial charge in [-0.2, -0.15) is 0 Å². The molecule has 0 atom stereocenters. The Hall–Kier alpha value is -4.11. The van der Waals surface area contributed by atoms with Crippen LogP contribution in [0.4, 0.5) is 4.79 Å². The van der Waals surface area contributed by atoms with Gasteiger partial charge in [-0.15, -0.1) is 5.10 Å². The van der Waals surface area contributed by atoms with Crippen LogP contribution in [0.25, 0.3) is 5.69 Å². The van der Waals surface area contributed by atoms with Crippen LogP contribution in [0, 0.1) is 0 Å². The lowest BCUT2D eigenvalue weighted by Crippen LogP contribution is -2.23. The van der Waals surface area contributed by atoms with E-state index in [1.807, 2.05) is 66.9 Å². The first-order valence-electron chi connectivity index (χ1n) is 10.7. The predicted octanol–water partition coefficient (Wildman–Crippen LogP) is 3.07. The van der Waals surface area contributed by atoms with Gasteiger partial charge in [0.15, 0.2) is 0 Å². The molecular formula is C24H25N7O2. The molecule has 3 heterocycles. The number of rotatable bonds is 10. The second-order valence-electron chi connectivity index (χ2n) is 7.59. The highest BCUT2D eigenvalue weighted by Gasteiger charge is 2.13. The highest BCUT2D eigenvalue weighted by Crippen LogP contribution is 2.13. The lowest BCUT2D eigenvalue weighted by molar-refractivity contribution is 0.194. The highest BCUT2D eigenvalue weighted by molar-refractivity contribution is 5.64. The van der Waals surface area contributed by atoms with Crippen LogP contribution in [0.1, 0.15) is 22.6 Å². The minimum Gasteiger partial charge on any atom is -0.465 e. The fourth-order valence-electron chi connectivity index (χ4n) is 3.46. The van der Waals surface area contributed by atoms with Crippen molar-refractivity contribution in [2.24, 2.45) is 0 Å². The molecule has 0 radical (unpaired) electrons. The molecular weight excluding hydrogens is 418 g/mol. The highest BCUT2D eigenvalue weighted by atomic mass is 16.4. The Balaban J connectivity index is 1.43. The molecule has 33 heavy (non-hydrogen) atoms. The van der Waals surface area contributed by atoms with Crippen LogP contribution in [-0.4, -0.2) is 47.6 Å². The van der Waals surface area contributed by atoms with Gasteiger partial charge in [0.1, 0.15) is 0 Å². The van der Waals surface area contributed by atoms with Crippen LogP contribution in [0.2, 0.25) is 0 Å². The molecule has 1 aromatic carbocycles. The van der Waals surface area contributed by atoms with Gasteiger partial charge in [0.05, 0.1) is 29.0 Å². The Labute approximate surface area is 191 Å². The first-order valence-corrected chi connectivity index (χ1v) is 10.7. The van der Waals surface area contributed by atoms with E-state index in [0.717, 1.165) is 28.3 Å². The van der Waals surface area contributed by atoms with Gasteiger partial charge in [-0.1, -0.05) is 29.5 Å². The first kappa shape index (κ1) is 22.1. The topological polar surface area (TPSA) is 109 Å². The zero-order valence-corrected chi connectivity index (χ0v) is 18.1. The number of carbonyl (C=O) groups is 1. The van der Waals surface area contributed by atoms with Crippen molar-refractivity contribution in [2.75, 3.05) is 6.54 Å². The molecule has 4 rings (SSSR count). The molecule has 4 aromatic rings. The van der Waals surface area contributed by atoms with Crippen LogP contribution in [0.5, 0.6) is 0 Å². The van der Waals surface area contributed by atoms with Crippen molar-refractivity contribution in [3.8, 4) is 5.69 Å². The summed E-state index contributed by atoms with van der Waals surface area (Å²) < 4.78 is 1.74. The van der Waals surface area contributed by atoms with Crippen LogP contribution >= 0.6 is 0 Å². The van der Waals surface area contributed by atoms with Crippen LogP contribution in [0.3, 0.4) is 0 Å². The molecule has 3 aromatic heterocycles. The maximum Gasteiger partial charge on any atom is 0.404 e. The fourth-order valence-corrected chi connectivity index (χ4v) is 3.46. The average Bonchev–Trinajstić information content (AvgIpc) is 3.29. The van der Waals surface area contributed by atoms with E-state index in [1.54, 1.807) is 17.1 Å². The van der Waals surface area contributed by atoms with Crippen molar-refractivity contribution in [2.45, 2.75) is 26.1 Å². The predicted molar refractivity (Wildman–Crippen MR) is 123 cm³/mol. The number of benzene rings is 1. The van der Waals surface area contributed by atoms with Crippen molar-refractivity contribution >= 4 is 6.09 Å². The largest absolute Gasteiger partial charge is 0.465 e. The summed E-state index contributed by atoms with van der Waals surface area (Å²) in [6, 6.07) is 19.6. The molecule has 9 heteroatoms. The molecule has 2 N–H and O–H groups in total. The first-order chi connectivity index (χ1) is 16.2. The summed E-state index contributed by atoms with van der Waals surface area (Å²) in [6.45, 7) is 2.32. The molecule has 0 aliphatic heterocycles. The van der Waals surface area contributed by atoms with E-state index >= 15 is 0 Å². The molecule has 168 valence electrons. The summed E-state index contributed by atoms with van der Waals surface area (Å²) in [7, 11) is 0. The van der Waals surface area contributed by atoms with Gasteiger partial charge in [-0.3, -0.25) is 14.9 Å². The molecule has 0 fully saturated rings. The van der Waals surface area contributed by atoms with Crippen LogP contribution < -0.4 is 5.32 Å². The van der Waals surface area contributed by atoms with E-state index in [9.17, 15) is 4.79 Å². The van der Waals surface area contributed by atoms with E-state index < -0.39 is 6.09 Å². The van der Waals surface area contributed by atoms with E-state index in [2.05, 4.69) is 30.5 Å². The van der Waals surface area contributed by atoms with Gasteiger partial charge in [0.2, 0.25) is 0 Å². The smallest absolute Gasteiger partial charge is 0.404 e. The van der Waals surface area contributed by atoms with Crippen molar-refractivity contribution < 1.29 is 9.90 Å². The Morgan fingerprint density at radius 3 is 2.09 bits per heavy atom. The minimum absolute atomic E-state index is 0.379. The lowest BCUT2D eigenvalue weighted by atomic mass is 10.1. The second kappa shape index (κ2) is 11.0. The number of hydrogen-bond donors (Lipinski definition) is 2. The third kappa shape index (κ3) is 6.68. The van der Waals surface area contributed by atoms with Crippen LogP contribution in [0.15, 0.2) is 79.3 Å². The van der Waals surface area contributed by atoms with Gasteiger partial charge in [0.25, 0.3) is 0 Å². The molecule has 0 aliphatic carbocycles. The average molecular weight is 444 g/mol. The molecule has 9 nitrogen and oxygen atoms in total. The van der Waals surface area contributed by atoms with Crippen LogP contribution in [-0.2, 0) is 26.1 Å². The molecule has 0 aliphatic rings. The van der Waals surface area contributed by atoms with Gasteiger partial charge in [-0.05, 0) is 48.4 Å². The molecule has 0 bridgehead atoms. The number of carboxylic acid groups (broad SMARTS) is 1. The summed E-state index contributed by atoms with van der Waals surface area (Å²) in [6.07, 6.45) is 5.13. The number of hydrogen-bond acceptors (Lipinski definition) is 6. The van der Waals surface area contributed by atoms with E-state index in [0.29, 0.717) is 32.6 Å². The maximum absolute atomic E-state index is 10.6. The normalized spacial score (nSPS) is 10.9. The summed E-state index contributed by atoms with van der Waals surface area (Å²) in [5, 5.41) is 19.7. The standard InChI is InChI=1S/C24H25N7O2/c32-24(33)27-14-11-19-7-9-23(10-8-19)31-18-22(28-29-31)17-30(15-20-5-1-3-12-25-20)16-21-6-2-4-13-26-21/h1-10,12-13,18,27H,11,14-17H2,(H,32,33). The lowest BCUT2D eigenvalue weighted by Gasteiger charge is -2.20. The summed E-state index contributed by atoms with van der Waals surface area (Å²) in [5.41, 5.74) is 4.74. The number of nitrogens with zero attached hydrogens (tertiary/aromatic N) is 6. The Morgan fingerprint density at radius 1 is 0.879 bits per heavy atom. The molecule has 0 unspecified atom stereocenters. The second-order valence-corrected chi connectivity index (χ2v) is 7.59. The third-order valence-corrected chi connectivity index (χ3v) is 5.04. The van der Waals surface area contributed by atoms with Crippen molar-refractivity contribution in [3.05, 3.63) is 102 Å². The summed E-state index contributed by atoms with van der Waals surface area (Å²) in [4.78, 5) is 21.7. The Morgan fingerprint density at radius 2 is 1.52 bits per heavy atom. The van der Waals surface area contributed by atoms with Gasteiger partial charge >= 0.3 is 6.09 Å². The quantitative estimate of drug-likeness (QED) is 0.388.